The van der Waals surface area contributed by atoms with Crippen LogP contribution in [0.4, 0.5) is 0 Å². The van der Waals surface area contributed by atoms with Gasteiger partial charge in [-0.2, -0.15) is 5.10 Å². The topological polar surface area (TPSA) is 84.8 Å². The van der Waals surface area contributed by atoms with E-state index >= 15 is 0 Å². The van der Waals surface area contributed by atoms with E-state index in [1.807, 2.05) is 0 Å². The van der Waals surface area contributed by atoms with E-state index in [0.717, 1.165) is 42.9 Å². The van der Waals surface area contributed by atoms with Crippen molar-refractivity contribution in [1.82, 2.24) is 34.8 Å². The smallest absolute Gasteiger partial charge is 0.155 e. The molecule has 0 radical (unpaired) electrons. The van der Waals surface area contributed by atoms with Gasteiger partial charge in [-0.25, -0.2) is 4.98 Å². The molecular formula is C16H25N7O. The van der Waals surface area contributed by atoms with E-state index in [-0.39, 0.29) is 6.10 Å². The number of H-pyrrole nitrogens is 1. The van der Waals surface area contributed by atoms with E-state index in [2.05, 4.69) is 55.7 Å². The molecule has 4 rings (SSSR count). The standard InChI is InChI=1S/C16H25N7O/c1-10(2)14-17-15(20-19-14)12-8-23(6-7-24-12)9-13-18-21-16(22(13)3)11-4-5-11/h10-12H,4-9H2,1-3H3,(H,17,19,20)/t12-/m1/s1. The van der Waals surface area contributed by atoms with Crippen LogP contribution in [0.25, 0.3) is 0 Å². The van der Waals surface area contributed by atoms with Gasteiger partial charge in [-0.15, -0.1) is 10.2 Å². The number of aromatic nitrogens is 6. The molecule has 1 atom stereocenters. The zero-order valence-electron chi connectivity index (χ0n) is 14.6. The Bertz CT molecular complexity index is 703. The average molecular weight is 331 g/mol. The highest BCUT2D eigenvalue weighted by atomic mass is 16.5. The van der Waals surface area contributed by atoms with Crippen molar-refractivity contribution in [2.45, 2.75) is 51.2 Å². The lowest BCUT2D eigenvalue weighted by molar-refractivity contribution is -0.0380. The summed E-state index contributed by atoms with van der Waals surface area (Å²) in [7, 11) is 2.08. The fourth-order valence-corrected chi connectivity index (χ4v) is 3.11. The largest absolute Gasteiger partial charge is 0.368 e. The molecule has 1 aliphatic heterocycles. The highest BCUT2D eigenvalue weighted by molar-refractivity contribution is 5.08. The van der Waals surface area contributed by atoms with Crippen LogP contribution in [0.2, 0.25) is 0 Å². The maximum absolute atomic E-state index is 5.89. The monoisotopic (exact) mass is 331 g/mol. The summed E-state index contributed by atoms with van der Waals surface area (Å²) >= 11 is 0. The van der Waals surface area contributed by atoms with Gasteiger partial charge in [0.25, 0.3) is 0 Å². The first-order chi connectivity index (χ1) is 11.6. The molecule has 8 nitrogen and oxygen atoms in total. The Hall–Kier alpha value is -1.80. The lowest BCUT2D eigenvalue weighted by Gasteiger charge is -2.31. The van der Waals surface area contributed by atoms with Crippen LogP contribution in [-0.2, 0) is 18.3 Å². The first-order valence-electron chi connectivity index (χ1n) is 8.76. The minimum Gasteiger partial charge on any atom is -0.368 e. The Labute approximate surface area is 141 Å². The van der Waals surface area contributed by atoms with Crippen molar-refractivity contribution >= 4 is 0 Å². The quantitative estimate of drug-likeness (QED) is 0.894. The van der Waals surface area contributed by atoms with Gasteiger partial charge in [0.15, 0.2) is 11.6 Å². The summed E-state index contributed by atoms with van der Waals surface area (Å²) in [5, 5.41) is 16.1. The van der Waals surface area contributed by atoms with Crippen LogP contribution in [0.5, 0.6) is 0 Å². The third-order valence-corrected chi connectivity index (χ3v) is 4.80. The predicted octanol–water partition coefficient (Wildman–Crippen LogP) is 1.51. The zero-order valence-corrected chi connectivity index (χ0v) is 14.6. The number of aromatic amines is 1. The van der Waals surface area contributed by atoms with Crippen molar-refractivity contribution in [3.8, 4) is 0 Å². The number of hydrogen-bond acceptors (Lipinski definition) is 6. The van der Waals surface area contributed by atoms with Crippen molar-refractivity contribution < 1.29 is 4.74 Å². The normalized spacial score (nSPS) is 22.4. The lowest BCUT2D eigenvalue weighted by atomic mass is 10.2. The Morgan fingerprint density at radius 3 is 2.83 bits per heavy atom. The van der Waals surface area contributed by atoms with E-state index < -0.39 is 0 Å². The minimum atomic E-state index is -0.0603. The highest BCUT2D eigenvalue weighted by Gasteiger charge is 2.30. The Balaban J connectivity index is 1.42. The summed E-state index contributed by atoms with van der Waals surface area (Å²) in [5.41, 5.74) is 0. The SMILES string of the molecule is CC(C)c1n[nH]c([C@H]2CN(Cc3nnc(C4CC4)n3C)CCO2)n1. The highest BCUT2D eigenvalue weighted by Crippen LogP contribution is 2.38. The second-order valence-electron chi connectivity index (χ2n) is 7.14. The Morgan fingerprint density at radius 1 is 1.29 bits per heavy atom. The first-order valence-corrected chi connectivity index (χ1v) is 8.76. The molecule has 1 saturated heterocycles. The summed E-state index contributed by atoms with van der Waals surface area (Å²) in [6.07, 6.45) is 2.43. The van der Waals surface area contributed by atoms with Gasteiger partial charge in [-0.3, -0.25) is 10.00 Å². The van der Waals surface area contributed by atoms with Gasteiger partial charge in [0.2, 0.25) is 0 Å². The van der Waals surface area contributed by atoms with Crippen LogP contribution in [0.3, 0.4) is 0 Å². The maximum atomic E-state index is 5.89. The first kappa shape index (κ1) is 15.7. The van der Waals surface area contributed by atoms with Crippen molar-refractivity contribution in [1.29, 1.82) is 0 Å². The summed E-state index contributed by atoms with van der Waals surface area (Å²) in [6.45, 7) is 7.35. The molecule has 0 bridgehead atoms. The average Bonchev–Trinajstić information content (AvgIpc) is 3.17. The molecule has 1 aliphatic carbocycles. The summed E-state index contributed by atoms with van der Waals surface area (Å²) in [5.74, 6) is 4.75. The minimum absolute atomic E-state index is 0.0603. The molecule has 1 N–H and O–H groups in total. The summed E-state index contributed by atoms with van der Waals surface area (Å²) in [6, 6.07) is 0. The number of hydrogen-bond donors (Lipinski definition) is 1. The number of nitrogens with one attached hydrogen (secondary N) is 1. The maximum Gasteiger partial charge on any atom is 0.155 e. The van der Waals surface area contributed by atoms with Gasteiger partial charge < -0.3 is 9.30 Å². The molecule has 0 spiro atoms. The van der Waals surface area contributed by atoms with Crippen LogP contribution in [0.1, 0.15) is 67.9 Å². The molecular weight excluding hydrogens is 306 g/mol. The van der Waals surface area contributed by atoms with Gasteiger partial charge in [0.1, 0.15) is 17.8 Å². The molecule has 2 aromatic heterocycles. The van der Waals surface area contributed by atoms with Crippen molar-refractivity contribution in [3.63, 3.8) is 0 Å². The van der Waals surface area contributed by atoms with Crippen LogP contribution < -0.4 is 0 Å². The van der Waals surface area contributed by atoms with Gasteiger partial charge in [-0.1, -0.05) is 13.8 Å². The van der Waals surface area contributed by atoms with E-state index in [1.54, 1.807) is 0 Å². The van der Waals surface area contributed by atoms with Crippen LogP contribution >= 0.6 is 0 Å². The van der Waals surface area contributed by atoms with Gasteiger partial charge in [0, 0.05) is 32.0 Å². The molecule has 2 aliphatic rings. The molecule has 0 amide bonds. The lowest BCUT2D eigenvalue weighted by Crippen LogP contribution is -2.38. The van der Waals surface area contributed by atoms with Gasteiger partial charge >= 0.3 is 0 Å². The third-order valence-electron chi connectivity index (χ3n) is 4.80. The number of nitrogens with zero attached hydrogens (tertiary/aromatic N) is 6. The molecule has 8 heteroatoms. The second kappa shape index (κ2) is 6.25. The summed E-state index contributed by atoms with van der Waals surface area (Å²) in [4.78, 5) is 6.93. The molecule has 2 fully saturated rings. The molecule has 1 saturated carbocycles. The molecule has 0 unspecified atom stereocenters. The van der Waals surface area contributed by atoms with Crippen LogP contribution in [-0.4, -0.2) is 54.5 Å². The van der Waals surface area contributed by atoms with E-state index in [9.17, 15) is 0 Å². The van der Waals surface area contributed by atoms with Crippen molar-refractivity contribution in [3.05, 3.63) is 23.3 Å². The molecule has 3 heterocycles. The molecule has 0 aromatic carbocycles. The van der Waals surface area contributed by atoms with Crippen molar-refractivity contribution in [2.24, 2.45) is 7.05 Å². The van der Waals surface area contributed by atoms with Crippen LogP contribution in [0.15, 0.2) is 0 Å². The third kappa shape index (κ3) is 3.08. The van der Waals surface area contributed by atoms with Crippen molar-refractivity contribution in [2.75, 3.05) is 19.7 Å². The summed E-state index contributed by atoms with van der Waals surface area (Å²) < 4.78 is 8.05. The van der Waals surface area contributed by atoms with E-state index in [1.165, 1.54) is 12.8 Å². The molecule has 2 aromatic rings. The number of morpholine rings is 1. The second-order valence-corrected chi connectivity index (χ2v) is 7.14. The van der Waals surface area contributed by atoms with E-state index in [4.69, 9.17) is 4.74 Å². The Kier molecular flexibility index (Phi) is 4.09. The fourth-order valence-electron chi connectivity index (χ4n) is 3.11. The fraction of sp³-hybridized carbons (Fsp3) is 0.750. The number of rotatable bonds is 5. The van der Waals surface area contributed by atoms with E-state index in [0.29, 0.717) is 18.4 Å². The molecule has 24 heavy (non-hydrogen) atoms. The number of ether oxygens (including phenoxy) is 1. The van der Waals surface area contributed by atoms with Gasteiger partial charge in [0.05, 0.1) is 13.2 Å². The predicted molar refractivity (Wildman–Crippen MR) is 87.4 cm³/mol. The zero-order chi connectivity index (χ0) is 16.7. The van der Waals surface area contributed by atoms with Crippen LogP contribution in [0, 0.1) is 0 Å². The molecule has 130 valence electrons. The van der Waals surface area contributed by atoms with Gasteiger partial charge in [-0.05, 0) is 12.8 Å². The Morgan fingerprint density at radius 2 is 2.12 bits per heavy atom.